The van der Waals surface area contributed by atoms with Crippen LogP contribution in [0.4, 0.5) is 19.3 Å². The van der Waals surface area contributed by atoms with Gasteiger partial charge in [-0.25, -0.2) is 13.6 Å². The number of nitrogens with one attached hydrogen (secondary N) is 3. The molecule has 1 saturated heterocycles. The van der Waals surface area contributed by atoms with Crippen molar-refractivity contribution in [2.45, 2.75) is 32.4 Å². The van der Waals surface area contributed by atoms with E-state index >= 15 is 0 Å². The number of nitrogens with zero attached hydrogens (tertiary/aromatic N) is 2. The number of halogens is 2. The quantitative estimate of drug-likeness (QED) is 0.776. The molecule has 2 amide bonds. The number of hydrogen-bond acceptors (Lipinski definition) is 3. The maximum absolute atomic E-state index is 13.8. The van der Waals surface area contributed by atoms with E-state index in [0.717, 1.165) is 23.9 Å². The number of urea groups is 1. The van der Waals surface area contributed by atoms with Crippen molar-refractivity contribution < 1.29 is 13.6 Å². The Morgan fingerprint density at radius 2 is 2.24 bits per heavy atom. The van der Waals surface area contributed by atoms with Crippen molar-refractivity contribution in [3.8, 4) is 0 Å². The molecule has 1 atom stereocenters. The van der Waals surface area contributed by atoms with Crippen LogP contribution in [0.15, 0.2) is 24.3 Å². The molecule has 0 spiro atoms. The Balaban J connectivity index is 1.48. The molecule has 2 aromatic rings. The molecule has 1 aliphatic heterocycles. The van der Waals surface area contributed by atoms with Gasteiger partial charge in [-0.1, -0.05) is 6.92 Å². The predicted molar refractivity (Wildman–Crippen MR) is 90.3 cm³/mol. The van der Waals surface area contributed by atoms with Gasteiger partial charge in [0.2, 0.25) is 0 Å². The number of benzene rings is 1. The van der Waals surface area contributed by atoms with Crippen LogP contribution in [0.1, 0.15) is 24.7 Å². The number of aryl methyl sites for hydroxylation is 1. The van der Waals surface area contributed by atoms with Crippen LogP contribution in [0.5, 0.6) is 0 Å². The van der Waals surface area contributed by atoms with Crippen LogP contribution in [0, 0.1) is 11.6 Å². The maximum Gasteiger partial charge on any atom is 0.315 e. The van der Waals surface area contributed by atoms with Gasteiger partial charge in [0.15, 0.2) is 0 Å². The van der Waals surface area contributed by atoms with E-state index in [1.165, 1.54) is 12.1 Å². The molecule has 3 rings (SSSR count). The van der Waals surface area contributed by atoms with Crippen molar-refractivity contribution >= 4 is 11.7 Å². The van der Waals surface area contributed by atoms with Gasteiger partial charge in [0.25, 0.3) is 0 Å². The molecule has 3 N–H and O–H groups in total. The third kappa shape index (κ3) is 4.26. The first-order valence-electron chi connectivity index (χ1n) is 8.32. The van der Waals surface area contributed by atoms with Crippen molar-refractivity contribution in [3.63, 3.8) is 0 Å². The number of H-pyrrole nitrogens is 1. The summed E-state index contributed by atoms with van der Waals surface area (Å²) in [4.78, 5) is 13.8. The van der Waals surface area contributed by atoms with Gasteiger partial charge in [-0.15, -0.1) is 0 Å². The number of rotatable bonds is 5. The number of carbonyl (C=O) groups is 1. The monoisotopic (exact) mass is 349 g/mol. The summed E-state index contributed by atoms with van der Waals surface area (Å²) in [6.45, 7) is 3.46. The lowest BCUT2D eigenvalue weighted by Gasteiger charge is -2.19. The van der Waals surface area contributed by atoms with E-state index in [1.807, 2.05) is 17.9 Å². The Bertz CT molecular complexity index is 748. The summed E-state index contributed by atoms with van der Waals surface area (Å²) < 4.78 is 26.8. The van der Waals surface area contributed by atoms with Crippen LogP contribution in [0.2, 0.25) is 0 Å². The first-order chi connectivity index (χ1) is 12.0. The molecule has 2 heterocycles. The number of anilines is 1. The van der Waals surface area contributed by atoms with Gasteiger partial charge in [-0.3, -0.25) is 5.10 Å². The normalized spacial score (nSPS) is 16.9. The van der Waals surface area contributed by atoms with E-state index < -0.39 is 11.6 Å². The largest absolute Gasteiger partial charge is 0.367 e. The minimum atomic E-state index is -0.598. The Kier molecular flexibility index (Phi) is 5.16. The van der Waals surface area contributed by atoms with Gasteiger partial charge < -0.3 is 15.5 Å². The third-order valence-electron chi connectivity index (χ3n) is 4.26. The molecule has 1 aliphatic rings. The summed E-state index contributed by atoms with van der Waals surface area (Å²) in [6, 6.07) is 5.08. The Hall–Kier alpha value is -2.64. The average Bonchev–Trinajstić information content (AvgIpc) is 3.22. The molecule has 1 fully saturated rings. The van der Waals surface area contributed by atoms with Gasteiger partial charge in [0.05, 0.1) is 23.6 Å². The van der Waals surface area contributed by atoms with E-state index in [4.69, 9.17) is 0 Å². The lowest BCUT2D eigenvalue weighted by Crippen LogP contribution is -2.43. The summed E-state index contributed by atoms with van der Waals surface area (Å²) in [6.07, 6.45) is 1.54. The topological polar surface area (TPSA) is 73.1 Å². The molecule has 134 valence electrons. The highest BCUT2D eigenvalue weighted by Crippen LogP contribution is 2.24. The van der Waals surface area contributed by atoms with Crippen LogP contribution >= 0.6 is 0 Å². The highest BCUT2D eigenvalue weighted by molar-refractivity contribution is 5.74. The predicted octanol–water partition coefficient (Wildman–Crippen LogP) is 2.33. The summed E-state index contributed by atoms with van der Waals surface area (Å²) in [5.74, 6) is -1.18. The molecule has 0 unspecified atom stereocenters. The zero-order valence-corrected chi connectivity index (χ0v) is 14.0. The highest BCUT2D eigenvalue weighted by atomic mass is 19.1. The Labute approximate surface area is 144 Å². The van der Waals surface area contributed by atoms with Crippen LogP contribution < -0.4 is 15.5 Å². The summed E-state index contributed by atoms with van der Waals surface area (Å²) in [5.41, 5.74) is 2.15. The molecule has 0 radical (unpaired) electrons. The minimum absolute atomic E-state index is 0.0857. The highest BCUT2D eigenvalue weighted by Gasteiger charge is 2.25. The molecule has 1 aromatic heterocycles. The lowest BCUT2D eigenvalue weighted by molar-refractivity contribution is 0.237. The van der Waals surface area contributed by atoms with Crippen molar-refractivity contribution in [3.05, 3.63) is 47.3 Å². The molecule has 8 heteroatoms. The second-order valence-electron chi connectivity index (χ2n) is 6.09. The number of amides is 2. The Morgan fingerprint density at radius 1 is 1.40 bits per heavy atom. The molecule has 25 heavy (non-hydrogen) atoms. The van der Waals surface area contributed by atoms with Crippen LogP contribution in [0.3, 0.4) is 0 Å². The number of aromatic amines is 1. The first kappa shape index (κ1) is 17.2. The van der Waals surface area contributed by atoms with Gasteiger partial charge >= 0.3 is 6.03 Å². The van der Waals surface area contributed by atoms with Crippen LogP contribution in [-0.4, -0.2) is 35.4 Å². The van der Waals surface area contributed by atoms with Gasteiger partial charge in [0, 0.05) is 25.2 Å². The van der Waals surface area contributed by atoms with Gasteiger partial charge in [-0.05, 0) is 31.0 Å². The van der Waals surface area contributed by atoms with Gasteiger partial charge in [-0.2, -0.15) is 5.10 Å². The van der Waals surface area contributed by atoms with Gasteiger partial charge in [0.1, 0.15) is 11.6 Å². The fraction of sp³-hybridized carbons (Fsp3) is 0.412. The van der Waals surface area contributed by atoms with Crippen molar-refractivity contribution in [1.29, 1.82) is 0 Å². The third-order valence-corrected chi connectivity index (χ3v) is 4.26. The zero-order chi connectivity index (χ0) is 17.8. The minimum Gasteiger partial charge on any atom is -0.367 e. The second-order valence-corrected chi connectivity index (χ2v) is 6.09. The SMILES string of the molecule is CCc1cc(CNC(=O)N[C@H]2CCN(c3ccc(F)cc3F)C2)[nH]n1. The van der Waals surface area contributed by atoms with Crippen molar-refractivity contribution in [2.75, 3.05) is 18.0 Å². The smallest absolute Gasteiger partial charge is 0.315 e. The van der Waals surface area contributed by atoms with Crippen LogP contribution in [-0.2, 0) is 13.0 Å². The molecule has 6 nitrogen and oxygen atoms in total. The Morgan fingerprint density at radius 3 is 2.96 bits per heavy atom. The van der Waals surface area contributed by atoms with Crippen molar-refractivity contribution in [1.82, 2.24) is 20.8 Å². The van der Waals surface area contributed by atoms with E-state index in [9.17, 15) is 13.6 Å². The molecule has 1 aromatic carbocycles. The lowest BCUT2D eigenvalue weighted by atomic mass is 10.2. The van der Waals surface area contributed by atoms with E-state index in [-0.39, 0.29) is 12.1 Å². The molecule has 0 saturated carbocycles. The summed E-state index contributed by atoms with van der Waals surface area (Å²) in [7, 11) is 0. The van der Waals surface area contributed by atoms with Crippen molar-refractivity contribution in [2.24, 2.45) is 0 Å². The van der Waals surface area contributed by atoms with Crippen LogP contribution in [0.25, 0.3) is 0 Å². The van der Waals surface area contributed by atoms with E-state index in [2.05, 4.69) is 20.8 Å². The molecule has 0 bridgehead atoms. The maximum atomic E-state index is 13.8. The molecular weight excluding hydrogens is 328 g/mol. The fourth-order valence-corrected chi connectivity index (χ4v) is 2.93. The first-order valence-corrected chi connectivity index (χ1v) is 8.32. The molecule has 0 aliphatic carbocycles. The van der Waals surface area contributed by atoms with E-state index in [1.54, 1.807) is 0 Å². The fourth-order valence-electron chi connectivity index (χ4n) is 2.93. The zero-order valence-electron chi connectivity index (χ0n) is 14.0. The molecular formula is C17H21F2N5O. The number of carbonyl (C=O) groups excluding carboxylic acids is 1. The summed E-state index contributed by atoms with van der Waals surface area (Å²) in [5, 5.41) is 12.6. The number of hydrogen-bond donors (Lipinski definition) is 3. The number of aromatic nitrogens is 2. The summed E-state index contributed by atoms with van der Waals surface area (Å²) >= 11 is 0. The average molecular weight is 349 g/mol. The second kappa shape index (κ2) is 7.50. The standard InChI is InChI=1S/C17H21F2N5O/c1-2-12-8-14(23-22-12)9-20-17(25)21-13-5-6-24(10-13)16-4-3-11(18)7-15(16)19/h3-4,7-8,13H,2,5-6,9-10H2,1H3,(H,22,23)(H2,20,21,25)/t13-/m0/s1. The van der Waals surface area contributed by atoms with E-state index in [0.29, 0.717) is 31.7 Å².